The highest BCUT2D eigenvalue weighted by molar-refractivity contribution is 7.47. The molecule has 19 heteroatoms. The van der Waals surface area contributed by atoms with E-state index < -0.39 is 97.5 Å². The fourth-order valence-corrected chi connectivity index (χ4v) is 15.1. The third-order valence-electron chi connectivity index (χ3n) is 20.3. The minimum absolute atomic E-state index is 0.109. The summed E-state index contributed by atoms with van der Waals surface area (Å²) in [7, 11) is -9.92. The van der Waals surface area contributed by atoms with Gasteiger partial charge in [0.25, 0.3) is 0 Å². The summed E-state index contributed by atoms with van der Waals surface area (Å²) in [6.45, 7) is 7.36. The summed E-state index contributed by atoms with van der Waals surface area (Å²) in [5, 5.41) is 10.7. The summed E-state index contributed by atoms with van der Waals surface area (Å²) in [5.41, 5.74) is 0. The van der Waals surface area contributed by atoms with Crippen LogP contribution in [-0.4, -0.2) is 96.7 Å². The average Bonchev–Trinajstić information content (AvgIpc) is 0.914. The Morgan fingerprint density at radius 2 is 0.438 bits per heavy atom. The first-order valence-corrected chi connectivity index (χ1v) is 47.6. The maximum atomic E-state index is 13.1. The van der Waals surface area contributed by atoms with Crippen molar-refractivity contribution in [3.8, 4) is 0 Å². The number of phosphoric acid groups is 2. The molecule has 624 valence electrons. The average molecular weight is 1540 g/mol. The Kier molecular flexibility index (Phi) is 77.3. The van der Waals surface area contributed by atoms with E-state index in [0.29, 0.717) is 25.7 Å². The van der Waals surface area contributed by atoms with Gasteiger partial charge in [0.2, 0.25) is 0 Å². The molecule has 2 unspecified atom stereocenters. The number of aliphatic hydroxyl groups excluding tert-OH is 1. The Hall–Kier alpha value is -1.94. The van der Waals surface area contributed by atoms with Gasteiger partial charge in [-0.1, -0.05) is 413 Å². The molecule has 0 fully saturated rings. The molecule has 3 N–H and O–H groups in total. The summed E-state index contributed by atoms with van der Waals surface area (Å²) in [6.07, 6.45) is 72.4. The number of ether oxygens (including phenoxy) is 4. The number of hydrogen-bond donors (Lipinski definition) is 3. The van der Waals surface area contributed by atoms with Crippen molar-refractivity contribution >= 4 is 39.5 Å². The minimum Gasteiger partial charge on any atom is -0.462 e. The molecule has 0 amide bonds. The lowest BCUT2D eigenvalue weighted by Gasteiger charge is -2.21. The van der Waals surface area contributed by atoms with Crippen LogP contribution in [0.15, 0.2) is 0 Å². The fourth-order valence-electron chi connectivity index (χ4n) is 13.5. The van der Waals surface area contributed by atoms with Gasteiger partial charge >= 0.3 is 39.5 Å². The summed E-state index contributed by atoms with van der Waals surface area (Å²) < 4.78 is 68.8. The lowest BCUT2D eigenvalue weighted by molar-refractivity contribution is -0.161. The zero-order valence-electron chi connectivity index (χ0n) is 68.9. The predicted molar refractivity (Wildman–Crippen MR) is 432 cm³/mol. The number of carbonyl (C=O) groups excluding carboxylic acids is 4. The Bertz CT molecular complexity index is 2000. The highest BCUT2D eigenvalue weighted by Crippen LogP contribution is 2.45. The van der Waals surface area contributed by atoms with Crippen molar-refractivity contribution in [2.24, 2.45) is 5.92 Å². The molecule has 0 aliphatic heterocycles. The molecule has 0 heterocycles. The third-order valence-corrected chi connectivity index (χ3v) is 22.2. The number of esters is 4. The molecule has 0 saturated heterocycles. The van der Waals surface area contributed by atoms with Gasteiger partial charge in [-0.05, 0) is 31.6 Å². The molecule has 17 nitrogen and oxygen atoms in total. The molecule has 0 aromatic carbocycles. The number of carbonyl (C=O) groups is 4. The van der Waals surface area contributed by atoms with Crippen LogP contribution in [0.4, 0.5) is 0 Å². The number of unbranched alkanes of at least 4 members (excludes halogenated alkanes) is 58. The van der Waals surface area contributed by atoms with Gasteiger partial charge in [0.05, 0.1) is 26.4 Å². The van der Waals surface area contributed by atoms with E-state index in [1.54, 1.807) is 0 Å². The molecular formula is C86H168O17P2. The first-order chi connectivity index (χ1) is 51.0. The zero-order valence-corrected chi connectivity index (χ0v) is 70.7. The molecule has 105 heavy (non-hydrogen) atoms. The van der Waals surface area contributed by atoms with E-state index >= 15 is 0 Å². The van der Waals surface area contributed by atoms with Crippen LogP contribution in [0.5, 0.6) is 0 Å². The summed E-state index contributed by atoms with van der Waals surface area (Å²) in [5.74, 6) is -1.30. The maximum absolute atomic E-state index is 13.1. The summed E-state index contributed by atoms with van der Waals surface area (Å²) >= 11 is 0. The molecule has 0 rings (SSSR count). The van der Waals surface area contributed by atoms with E-state index in [2.05, 4.69) is 34.6 Å². The van der Waals surface area contributed by atoms with Gasteiger partial charge in [0.15, 0.2) is 12.2 Å². The topological polar surface area (TPSA) is 237 Å². The van der Waals surface area contributed by atoms with Crippen molar-refractivity contribution in [3.63, 3.8) is 0 Å². The smallest absolute Gasteiger partial charge is 0.462 e. The van der Waals surface area contributed by atoms with Crippen molar-refractivity contribution in [3.05, 3.63) is 0 Å². The Labute approximate surface area is 645 Å². The Morgan fingerprint density at radius 1 is 0.257 bits per heavy atom. The third kappa shape index (κ3) is 79.9. The van der Waals surface area contributed by atoms with Crippen LogP contribution in [-0.2, 0) is 65.4 Å². The van der Waals surface area contributed by atoms with Crippen molar-refractivity contribution < 1.29 is 80.2 Å². The molecule has 0 radical (unpaired) electrons. The number of rotatable bonds is 86. The molecular weight excluding hydrogens is 1370 g/mol. The summed E-state index contributed by atoms with van der Waals surface area (Å²) in [6, 6.07) is 0. The van der Waals surface area contributed by atoms with E-state index in [-0.39, 0.29) is 25.7 Å². The highest BCUT2D eigenvalue weighted by Gasteiger charge is 2.30. The summed E-state index contributed by atoms with van der Waals surface area (Å²) in [4.78, 5) is 73.1. The standard InChI is InChI=1S/C86H168O17P2/c1-6-9-12-15-18-21-23-25-27-29-30-31-32-33-35-39-44-48-52-57-62-67-72-86(91)103-82(76-97-84(89)70-65-60-55-50-46-42-40-36-37-41-45-49-53-58-63-68-79(4)5)78-101-105(94,95)99-74-80(87)73-98-104(92,93)100-77-81(75-96-83(88)69-64-59-54-20-17-14-11-8-3)102-85(90)71-66-61-56-51-47-43-38-34-28-26-24-22-19-16-13-10-7-2/h79-82,87H,6-78H2,1-5H3,(H,92,93)(H,94,95)/t80-,81+,82+/m0/s1. The monoisotopic (exact) mass is 1540 g/mol. The van der Waals surface area contributed by atoms with Crippen LogP contribution in [0.2, 0.25) is 0 Å². The van der Waals surface area contributed by atoms with Crippen molar-refractivity contribution in [1.29, 1.82) is 0 Å². The van der Waals surface area contributed by atoms with Crippen LogP contribution in [0, 0.1) is 5.92 Å². The van der Waals surface area contributed by atoms with Gasteiger partial charge in [0.1, 0.15) is 19.3 Å². The van der Waals surface area contributed by atoms with Crippen molar-refractivity contribution in [1.82, 2.24) is 0 Å². The molecule has 0 bridgehead atoms. The molecule has 0 aromatic rings. The van der Waals surface area contributed by atoms with Crippen LogP contribution in [0.25, 0.3) is 0 Å². The largest absolute Gasteiger partial charge is 0.472 e. The van der Waals surface area contributed by atoms with E-state index in [9.17, 15) is 43.2 Å². The zero-order chi connectivity index (χ0) is 76.9. The van der Waals surface area contributed by atoms with E-state index in [0.717, 1.165) is 95.8 Å². The van der Waals surface area contributed by atoms with Crippen LogP contribution in [0.3, 0.4) is 0 Å². The predicted octanol–water partition coefficient (Wildman–Crippen LogP) is 26.4. The van der Waals surface area contributed by atoms with Crippen LogP contribution in [0.1, 0.15) is 465 Å². The van der Waals surface area contributed by atoms with E-state index in [1.807, 2.05) is 0 Å². The maximum Gasteiger partial charge on any atom is 0.472 e. The first-order valence-electron chi connectivity index (χ1n) is 44.6. The number of hydrogen-bond acceptors (Lipinski definition) is 15. The van der Waals surface area contributed by atoms with Crippen LogP contribution < -0.4 is 0 Å². The van der Waals surface area contributed by atoms with Crippen LogP contribution >= 0.6 is 15.6 Å². The Balaban J connectivity index is 5.18. The van der Waals surface area contributed by atoms with Gasteiger partial charge in [-0.3, -0.25) is 37.3 Å². The SMILES string of the molecule is CCCCCCCCCCCCCCCCCCCCCCCCC(=O)O[C@H](COC(=O)CCCCCCCCCCCCCCCCCC(C)C)COP(=O)(O)OC[C@@H](O)COP(=O)(O)OC[C@@H](COC(=O)CCCCCCCCCC)OC(=O)CCCCCCCCCCCCCCCCCCC. The number of phosphoric ester groups is 2. The van der Waals surface area contributed by atoms with Crippen molar-refractivity contribution in [2.75, 3.05) is 39.6 Å². The second-order valence-corrected chi connectivity index (χ2v) is 34.3. The normalized spacial score (nSPS) is 13.8. The molecule has 5 atom stereocenters. The van der Waals surface area contributed by atoms with Gasteiger partial charge in [-0.25, -0.2) is 9.13 Å². The molecule has 0 aliphatic rings. The van der Waals surface area contributed by atoms with Gasteiger partial charge in [0, 0.05) is 25.7 Å². The molecule has 0 spiro atoms. The lowest BCUT2D eigenvalue weighted by Crippen LogP contribution is -2.30. The second kappa shape index (κ2) is 78.7. The second-order valence-electron chi connectivity index (χ2n) is 31.4. The highest BCUT2D eigenvalue weighted by atomic mass is 31.2. The lowest BCUT2D eigenvalue weighted by atomic mass is 10.0. The Morgan fingerprint density at radius 3 is 0.648 bits per heavy atom. The molecule has 0 aromatic heterocycles. The first kappa shape index (κ1) is 103. The quantitative estimate of drug-likeness (QED) is 0.0222. The van der Waals surface area contributed by atoms with Gasteiger partial charge in [-0.15, -0.1) is 0 Å². The van der Waals surface area contributed by atoms with Gasteiger partial charge in [-0.2, -0.15) is 0 Å². The molecule has 0 saturated carbocycles. The number of aliphatic hydroxyl groups is 1. The van der Waals surface area contributed by atoms with E-state index in [4.69, 9.17) is 37.0 Å². The molecule has 0 aliphatic carbocycles. The van der Waals surface area contributed by atoms with E-state index in [1.165, 1.54) is 289 Å². The minimum atomic E-state index is -4.96. The van der Waals surface area contributed by atoms with Gasteiger partial charge < -0.3 is 33.8 Å². The fraction of sp³-hybridized carbons (Fsp3) is 0.953. The van der Waals surface area contributed by atoms with Crippen molar-refractivity contribution in [2.45, 2.75) is 483 Å².